The fourth-order valence-electron chi connectivity index (χ4n) is 1.52. The number of hydrogen-bond donors (Lipinski definition) is 0. The molecule has 0 atom stereocenters. The van der Waals surface area contributed by atoms with Crippen molar-refractivity contribution in [2.75, 3.05) is 5.88 Å². The molecule has 0 aliphatic heterocycles. The van der Waals surface area contributed by atoms with Gasteiger partial charge < -0.3 is 4.42 Å². The van der Waals surface area contributed by atoms with E-state index in [0.29, 0.717) is 11.8 Å². The molecule has 2 aromatic rings. The van der Waals surface area contributed by atoms with Crippen LogP contribution in [0.15, 0.2) is 28.7 Å². The smallest absolute Gasteiger partial charge is 0.285 e. The van der Waals surface area contributed by atoms with Gasteiger partial charge in [0, 0.05) is 5.56 Å². The third kappa shape index (κ3) is 2.59. The minimum absolute atomic E-state index is 0.0482. The monoisotopic (exact) mass is 264 g/mol. The number of ketones is 1. The third-order valence-corrected chi connectivity index (χ3v) is 2.85. The van der Waals surface area contributed by atoms with Crippen LogP contribution in [-0.4, -0.2) is 21.9 Å². The molecule has 5 heteroatoms. The van der Waals surface area contributed by atoms with Gasteiger partial charge in [-0.15, -0.1) is 21.8 Å². The Morgan fingerprint density at radius 3 is 2.50 bits per heavy atom. The van der Waals surface area contributed by atoms with Gasteiger partial charge in [-0.3, -0.25) is 4.79 Å². The Kier molecular flexibility index (Phi) is 3.77. The van der Waals surface area contributed by atoms with E-state index in [-0.39, 0.29) is 17.6 Å². The first kappa shape index (κ1) is 12.8. The van der Waals surface area contributed by atoms with Crippen LogP contribution in [0, 0.1) is 0 Å². The largest absolute Gasteiger partial charge is 0.414 e. The number of rotatable bonds is 4. The molecule has 4 nitrogen and oxygen atoms in total. The van der Waals surface area contributed by atoms with Crippen molar-refractivity contribution in [2.45, 2.75) is 19.8 Å². The molecule has 0 aliphatic carbocycles. The fourth-order valence-corrected chi connectivity index (χ4v) is 1.63. The summed E-state index contributed by atoms with van der Waals surface area (Å²) in [5, 5.41) is 7.50. The maximum absolute atomic E-state index is 11.3. The summed E-state index contributed by atoms with van der Waals surface area (Å²) in [5.41, 5.74) is 2.02. The molecular formula is C13H13ClN2O2. The zero-order valence-electron chi connectivity index (χ0n) is 10.2. The van der Waals surface area contributed by atoms with Crippen molar-refractivity contribution in [3.05, 3.63) is 35.7 Å². The second kappa shape index (κ2) is 5.31. The van der Waals surface area contributed by atoms with Crippen LogP contribution in [0.5, 0.6) is 0 Å². The van der Waals surface area contributed by atoms with Crippen molar-refractivity contribution < 1.29 is 9.21 Å². The average molecular weight is 265 g/mol. The molecular weight excluding hydrogens is 252 g/mol. The summed E-state index contributed by atoms with van der Waals surface area (Å²) in [6.45, 7) is 4.25. The molecule has 0 bridgehead atoms. The van der Waals surface area contributed by atoms with E-state index in [0.717, 1.165) is 5.56 Å². The first-order valence-corrected chi connectivity index (χ1v) is 6.18. The van der Waals surface area contributed by atoms with Crippen molar-refractivity contribution in [3.8, 4) is 11.5 Å². The van der Waals surface area contributed by atoms with Crippen LogP contribution in [0.2, 0.25) is 0 Å². The highest BCUT2D eigenvalue weighted by molar-refractivity contribution is 6.29. The second-order valence-electron chi connectivity index (χ2n) is 4.25. The Morgan fingerprint density at radius 2 is 1.94 bits per heavy atom. The number of benzene rings is 1. The lowest BCUT2D eigenvalue weighted by Gasteiger charge is -2.04. The van der Waals surface area contributed by atoms with Crippen LogP contribution in [0.4, 0.5) is 0 Å². The molecule has 0 fully saturated rings. The number of nitrogens with zero attached hydrogens (tertiary/aromatic N) is 2. The summed E-state index contributed by atoms with van der Waals surface area (Å²) in [4.78, 5) is 11.3. The maximum Gasteiger partial charge on any atom is 0.285 e. The van der Waals surface area contributed by atoms with Gasteiger partial charge in [0.2, 0.25) is 11.7 Å². The van der Waals surface area contributed by atoms with Crippen LogP contribution >= 0.6 is 11.6 Å². The van der Waals surface area contributed by atoms with Crippen molar-refractivity contribution >= 4 is 17.4 Å². The number of carbonyl (C=O) groups excluding carboxylic acids is 1. The number of hydrogen-bond acceptors (Lipinski definition) is 4. The van der Waals surface area contributed by atoms with Crippen LogP contribution in [0.3, 0.4) is 0 Å². The Hall–Kier alpha value is -1.68. The number of halogens is 1. The average Bonchev–Trinajstić information content (AvgIpc) is 2.87. The normalized spacial score (nSPS) is 10.9. The molecule has 18 heavy (non-hydrogen) atoms. The number of alkyl halides is 1. The van der Waals surface area contributed by atoms with E-state index in [1.165, 1.54) is 5.56 Å². The van der Waals surface area contributed by atoms with Crippen molar-refractivity contribution in [1.82, 2.24) is 10.2 Å². The predicted octanol–water partition coefficient (Wildman–Crippen LogP) is 3.28. The Bertz CT molecular complexity index is 546. The van der Waals surface area contributed by atoms with E-state index in [4.69, 9.17) is 16.0 Å². The van der Waals surface area contributed by atoms with Crippen molar-refractivity contribution in [1.29, 1.82) is 0 Å². The Labute approximate surface area is 110 Å². The molecule has 1 aromatic heterocycles. The zero-order chi connectivity index (χ0) is 13.1. The first-order valence-electron chi connectivity index (χ1n) is 5.65. The topological polar surface area (TPSA) is 56.0 Å². The van der Waals surface area contributed by atoms with Gasteiger partial charge >= 0.3 is 0 Å². The van der Waals surface area contributed by atoms with E-state index < -0.39 is 0 Å². The molecule has 0 saturated heterocycles. The molecule has 1 aromatic carbocycles. The quantitative estimate of drug-likeness (QED) is 0.628. The highest BCUT2D eigenvalue weighted by atomic mass is 35.5. The lowest BCUT2D eigenvalue weighted by molar-refractivity contribution is 0.0985. The lowest BCUT2D eigenvalue weighted by atomic mass is 10.0. The molecule has 0 spiro atoms. The highest BCUT2D eigenvalue weighted by Crippen LogP contribution is 2.21. The van der Waals surface area contributed by atoms with Gasteiger partial charge in [0.25, 0.3) is 5.89 Å². The molecule has 0 amide bonds. The maximum atomic E-state index is 11.3. The van der Waals surface area contributed by atoms with Gasteiger partial charge in [0.15, 0.2) is 0 Å². The summed E-state index contributed by atoms with van der Waals surface area (Å²) in [6.07, 6.45) is 0. The van der Waals surface area contributed by atoms with E-state index in [9.17, 15) is 4.79 Å². The van der Waals surface area contributed by atoms with Crippen LogP contribution in [0.1, 0.15) is 36.0 Å². The summed E-state index contributed by atoms with van der Waals surface area (Å²) in [6, 6.07) is 7.82. The summed E-state index contributed by atoms with van der Waals surface area (Å²) in [5.74, 6) is 0.226. The van der Waals surface area contributed by atoms with Gasteiger partial charge in [-0.05, 0) is 23.6 Å². The van der Waals surface area contributed by atoms with E-state index >= 15 is 0 Å². The molecule has 2 rings (SSSR count). The number of Topliss-reactive ketones (excluding diaryl/α,β-unsaturated/α-hetero) is 1. The molecule has 0 aliphatic rings. The Balaban J connectivity index is 2.26. The highest BCUT2D eigenvalue weighted by Gasteiger charge is 2.14. The summed E-state index contributed by atoms with van der Waals surface area (Å²) >= 11 is 5.42. The minimum atomic E-state index is -0.366. The second-order valence-corrected chi connectivity index (χ2v) is 4.51. The third-order valence-electron chi connectivity index (χ3n) is 2.61. The molecule has 0 radical (unpaired) electrons. The van der Waals surface area contributed by atoms with Crippen LogP contribution in [0.25, 0.3) is 11.5 Å². The first-order chi connectivity index (χ1) is 8.61. The molecule has 0 saturated carbocycles. The van der Waals surface area contributed by atoms with Crippen molar-refractivity contribution in [3.63, 3.8) is 0 Å². The van der Waals surface area contributed by atoms with Gasteiger partial charge in [0.1, 0.15) is 0 Å². The van der Waals surface area contributed by atoms with E-state index in [1.54, 1.807) is 0 Å². The van der Waals surface area contributed by atoms with Crippen LogP contribution in [-0.2, 0) is 0 Å². The fraction of sp³-hybridized carbons (Fsp3) is 0.308. The van der Waals surface area contributed by atoms with E-state index in [1.807, 2.05) is 24.3 Å². The lowest BCUT2D eigenvalue weighted by Crippen LogP contribution is -1.99. The number of carbonyl (C=O) groups is 1. The van der Waals surface area contributed by atoms with Crippen molar-refractivity contribution in [2.24, 2.45) is 0 Å². The molecule has 1 heterocycles. The standard InChI is InChI=1S/C13H13ClN2O2/c1-8(2)9-3-5-10(6-4-9)12-15-16-13(18-12)11(17)7-14/h3-6,8H,7H2,1-2H3. The summed E-state index contributed by atoms with van der Waals surface area (Å²) < 4.78 is 5.27. The van der Waals surface area contributed by atoms with E-state index in [2.05, 4.69) is 24.0 Å². The number of aromatic nitrogens is 2. The Morgan fingerprint density at radius 1 is 1.28 bits per heavy atom. The molecule has 94 valence electrons. The molecule has 0 unspecified atom stereocenters. The summed E-state index contributed by atoms with van der Waals surface area (Å²) in [7, 11) is 0. The predicted molar refractivity (Wildman–Crippen MR) is 68.9 cm³/mol. The SMILES string of the molecule is CC(C)c1ccc(-c2nnc(C(=O)CCl)o2)cc1. The van der Waals surface area contributed by atoms with Gasteiger partial charge in [0.05, 0.1) is 5.88 Å². The van der Waals surface area contributed by atoms with Gasteiger partial charge in [-0.2, -0.15) is 0 Å². The van der Waals surface area contributed by atoms with Gasteiger partial charge in [-0.25, -0.2) is 0 Å². The zero-order valence-corrected chi connectivity index (χ0v) is 10.9. The molecule has 0 N–H and O–H groups in total. The van der Waals surface area contributed by atoms with Crippen LogP contribution < -0.4 is 0 Å². The minimum Gasteiger partial charge on any atom is -0.414 e. The van der Waals surface area contributed by atoms with Gasteiger partial charge in [-0.1, -0.05) is 26.0 Å².